The van der Waals surface area contributed by atoms with Gasteiger partial charge in [-0.15, -0.1) is 18.2 Å². The molecule has 63 heavy (non-hydrogen) atoms. The molecule has 3 aromatic heterocycles. The van der Waals surface area contributed by atoms with Crippen LogP contribution in [-0.2, 0) is 26.5 Å². The van der Waals surface area contributed by atoms with Crippen molar-refractivity contribution in [3.05, 3.63) is 194 Å². The second kappa shape index (κ2) is 17.6. The molecular weight excluding hydrogens is 1010 g/mol. The number of nitrogens with zero attached hydrogens (tertiary/aromatic N) is 3. The third-order valence-corrected chi connectivity index (χ3v) is 16.1. The van der Waals surface area contributed by atoms with Crippen molar-refractivity contribution in [2.45, 2.75) is 37.5 Å². The molecule has 0 aliphatic rings. The number of para-hydroxylation sites is 1. The Bertz CT molecular complexity index is 3400. The van der Waals surface area contributed by atoms with Crippen LogP contribution in [0.3, 0.4) is 0 Å². The van der Waals surface area contributed by atoms with Crippen molar-refractivity contribution in [1.82, 2.24) is 14.5 Å². The van der Waals surface area contributed by atoms with E-state index in [1.807, 2.05) is 36.4 Å². The van der Waals surface area contributed by atoms with Crippen molar-refractivity contribution in [2.24, 2.45) is 5.92 Å². The molecule has 11 rings (SSSR count). The van der Waals surface area contributed by atoms with Crippen LogP contribution in [0.25, 0.3) is 94.0 Å². The molecule has 0 spiro atoms. The molecule has 0 atom stereocenters. The molecule has 0 unspecified atom stereocenters. The van der Waals surface area contributed by atoms with Crippen molar-refractivity contribution < 1.29 is 24.5 Å². The number of aromatic nitrogens is 3. The monoisotopic (exact) mass is 1060 g/mol. The van der Waals surface area contributed by atoms with Gasteiger partial charge in [0.2, 0.25) is 0 Å². The number of hydrogen-bond acceptors (Lipinski definition) is 3. The summed E-state index contributed by atoms with van der Waals surface area (Å²) in [6.07, 6.45) is 3.27. The molecule has 0 amide bonds. The Morgan fingerprint density at radius 3 is 2.08 bits per heavy atom. The smallest absolute Gasteiger partial charge is 0.120 e. The minimum atomic E-state index is -1.86. The summed E-state index contributed by atoms with van der Waals surface area (Å²) in [6.45, 7) is 4.57. The van der Waals surface area contributed by atoms with Gasteiger partial charge in [0.1, 0.15) is 5.58 Å². The summed E-state index contributed by atoms with van der Waals surface area (Å²) in [5, 5.41) is 6.76. The Labute approximate surface area is 385 Å². The number of fused-ring (bicyclic) bond motifs is 7. The zero-order chi connectivity index (χ0) is 42.4. The number of pyridine rings is 1. The number of hydrogen-bond donors (Lipinski definition) is 0. The molecule has 8 aromatic carbocycles. The van der Waals surface area contributed by atoms with Gasteiger partial charge in [0.25, 0.3) is 0 Å². The van der Waals surface area contributed by atoms with E-state index in [9.17, 15) is 0 Å². The van der Waals surface area contributed by atoms with Crippen molar-refractivity contribution in [3.63, 3.8) is 0 Å². The summed E-state index contributed by atoms with van der Waals surface area (Å²) < 4.78 is 10.4. The first-order valence-electron chi connectivity index (χ1n) is 21.5. The largest absolute Gasteiger partial charge is 0.501 e. The first-order chi connectivity index (χ1) is 30.2. The maximum absolute atomic E-state index is 6.53. The standard InChI is InChI=1S/C39H23N2O.C18H24GeN.Ir/c1-2-11-25(12-3-1)30-23-21-27-14-5-7-16-29(27)37(30)41-34-24-22-26-13-4-6-15-28(26)36(34)40-39(41)33-19-10-18-32-31-17-8-9-20-35(31)42-38(32)33;1-14(2)11-16-12-18(15-9-7-6-8-10-15)20-13-17(16)19(3,4)5;/h1-18,20-24H;6-9,12-14H,11H2,1-5H3;/q2*-1;. The quantitative estimate of drug-likeness (QED) is 0.118. The summed E-state index contributed by atoms with van der Waals surface area (Å²) in [6, 6.07) is 65.9. The molecule has 6 heteroatoms. The first-order valence-corrected chi connectivity index (χ1v) is 28.8. The van der Waals surface area contributed by atoms with Crippen LogP contribution in [0.1, 0.15) is 19.4 Å². The number of benzene rings is 8. The third-order valence-electron chi connectivity index (χ3n) is 11.7. The van der Waals surface area contributed by atoms with Crippen molar-refractivity contribution in [2.75, 3.05) is 0 Å². The van der Waals surface area contributed by atoms with Gasteiger partial charge in [0, 0.05) is 41.8 Å². The number of rotatable bonds is 7. The fourth-order valence-corrected chi connectivity index (χ4v) is 12.2. The van der Waals surface area contributed by atoms with E-state index in [-0.39, 0.29) is 20.1 Å². The topological polar surface area (TPSA) is 43.9 Å². The van der Waals surface area contributed by atoms with Crippen LogP contribution < -0.4 is 4.40 Å². The van der Waals surface area contributed by atoms with Crippen molar-refractivity contribution >= 4 is 72.2 Å². The van der Waals surface area contributed by atoms with Gasteiger partial charge < -0.3 is 8.98 Å². The van der Waals surface area contributed by atoms with E-state index in [4.69, 9.17) is 14.4 Å². The Balaban J connectivity index is 0.000000204. The maximum atomic E-state index is 6.53. The van der Waals surface area contributed by atoms with E-state index in [0.717, 1.165) is 95.0 Å². The molecule has 1 radical (unpaired) electrons. The number of furan rings is 1. The predicted molar refractivity (Wildman–Crippen MR) is 263 cm³/mol. The summed E-state index contributed by atoms with van der Waals surface area (Å²) >= 11 is -1.86. The van der Waals surface area contributed by atoms with Crippen LogP contribution in [0.4, 0.5) is 0 Å². The van der Waals surface area contributed by atoms with Gasteiger partial charge in [-0.05, 0) is 28.5 Å². The summed E-state index contributed by atoms with van der Waals surface area (Å²) in [5.74, 6) is 8.80. The Kier molecular flexibility index (Phi) is 11.8. The fourth-order valence-electron chi connectivity index (χ4n) is 8.89. The minimum absolute atomic E-state index is 0. The van der Waals surface area contributed by atoms with Gasteiger partial charge in [-0.3, -0.25) is 4.98 Å². The SMILES string of the molecule is CC(C)Cc1cc(-c2[c-]cccc2)nc[c]1[Ge]([CH3])([CH3])[CH3].[Ir].[c-]1ccc2c(oc3ccccc32)c1-c1nc2c3ccccc3ccc2n1-c1c(-c2ccccc2)ccc2ccccc12. The van der Waals surface area contributed by atoms with Crippen LogP contribution in [-0.4, -0.2) is 27.8 Å². The molecule has 311 valence electrons. The van der Waals surface area contributed by atoms with Gasteiger partial charge in [-0.1, -0.05) is 126 Å². The maximum Gasteiger partial charge on any atom is 0.120 e. The molecule has 0 saturated heterocycles. The molecule has 0 bridgehead atoms. The fraction of sp³-hybridized carbons (Fsp3) is 0.123. The Morgan fingerprint density at radius 1 is 0.651 bits per heavy atom. The second-order valence-electron chi connectivity index (χ2n) is 17.5. The van der Waals surface area contributed by atoms with E-state index < -0.39 is 13.3 Å². The van der Waals surface area contributed by atoms with Gasteiger partial charge in [0.05, 0.1) is 28.1 Å². The van der Waals surface area contributed by atoms with Gasteiger partial charge in [0.15, 0.2) is 0 Å². The molecule has 0 aliphatic heterocycles. The molecule has 3 heterocycles. The molecule has 0 N–H and O–H groups in total. The number of imidazole rings is 1. The average molecular weight is 1050 g/mol. The van der Waals surface area contributed by atoms with Crippen LogP contribution in [0.5, 0.6) is 0 Å². The molecule has 0 aliphatic carbocycles. The van der Waals surface area contributed by atoms with E-state index in [1.54, 1.807) is 4.40 Å². The first kappa shape index (κ1) is 42.2. The van der Waals surface area contributed by atoms with Crippen molar-refractivity contribution in [3.8, 4) is 39.5 Å². The van der Waals surface area contributed by atoms with Gasteiger partial charge >= 0.3 is 126 Å². The summed E-state index contributed by atoms with van der Waals surface area (Å²) in [4.78, 5) is 10.1. The molecule has 11 aromatic rings. The molecule has 0 fully saturated rings. The summed E-state index contributed by atoms with van der Waals surface area (Å²) in [7, 11) is 0. The van der Waals surface area contributed by atoms with Crippen LogP contribution in [0, 0.1) is 18.1 Å². The zero-order valence-corrected chi connectivity index (χ0v) is 40.6. The van der Waals surface area contributed by atoms with Gasteiger partial charge in [-0.2, -0.15) is 0 Å². The minimum Gasteiger partial charge on any atom is -0.501 e. The van der Waals surface area contributed by atoms with Crippen LogP contribution in [0.15, 0.2) is 180 Å². The third kappa shape index (κ3) is 8.06. The van der Waals surface area contributed by atoms with E-state index >= 15 is 0 Å². The molecule has 0 saturated carbocycles. The Morgan fingerprint density at radius 2 is 1.33 bits per heavy atom. The normalized spacial score (nSPS) is 11.7. The molecular formula is C57H47GeIrN3O-2. The van der Waals surface area contributed by atoms with E-state index in [0.29, 0.717) is 5.92 Å². The Hall–Kier alpha value is -6.11. The van der Waals surface area contributed by atoms with Crippen LogP contribution in [0.2, 0.25) is 17.3 Å². The van der Waals surface area contributed by atoms with E-state index in [1.165, 1.54) is 10.9 Å². The van der Waals surface area contributed by atoms with Crippen molar-refractivity contribution in [1.29, 1.82) is 0 Å². The zero-order valence-electron chi connectivity index (χ0n) is 36.1. The van der Waals surface area contributed by atoms with E-state index in [2.05, 4.69) is 187 Å². The average Bonchev–Trinajstić information content (AvgIpc) is 3.88. The van der Waals surface area contributed by atoms with Crippen LogP contribution >= 0.6 is 0 Å². The van der Waals surface area contributed by atoms with Gasteiger partial charge in [-0.25, -0.2) is 0 Å². The molecule has 4 nitrogen and oxygen atoms in total. The predicted octanol–water partition coefficient (Wildman–Crippen LogP) is 14.7. The summed E-state index contributed by atoms with van der Waals surface area (Å²) in [5.41, 5.74) is 11.5. The second-order valence-corrected chi connectivity index (χ2v) is 28.1.